The molecule has 1 aliphatic heterocycles. The highest BCUT2D eigenvalue weighted by Gasteiger charge is 2.34. The molecule has 2 rings (SSSR count). The van der Waals surface area contributed by atoms with Crippen LogP contribution in [-0.2, 0) is 19.1 Å². The van der Waals surface area contributed by atoms with E-state index in [9.17, 15) is 19.2 Å². The minimum atomic E-state index is -0.806. The Hall–Kier alpha value is -2.82. The summed E-state index contributed by atoms with van der Waals surface area (Å²) < 4.78 is 16.2. The first-order valence-corrected chi connectivity index (χ1v) is 9.67. The molecule has 0 aliphatic carbocycles. The summed E-state index contributed by atoms with van der Waals surface area (Å²) in [5, 5.41) is 2.22. The molecule has 0 radical (unpaired) electrons. The summed E-state index contributed by atoms with van der Waals surface area (Å²) in [6.07, 6.45) is 0.912. The highest BCUT2D eigenvalue weighted by molar-refractivity contribution is 6.07. The van der Waals surface area contributed by atoms with Crippen molar-refractivity contribution in [2.45, 2.75) is 18.9 Å². The summed E-state index contributed by atoms with van der Waals surface area (Å²) in [5.74, 6) is -1.24. The summed E-state index contributed by atoms with van der Waals surface area (Å²) in [7, 11) is 1.46. The smallest absolute Gasteiger partial charge is 0.258 e. The Morgan fingerprint density at radius 3 is 2.57 bits per heavy atom. The summed E-state index contributed by atoms with van der Waals surface area (Å²) in [6, 6.07) is 3.86. The van der Waals surface area contributed by atoms with Gasteiger partial charge in [-0.2, -0.15) is 0 Å². The van der Waals surface area contributed by atoms with Gasteiger partial charge in [0.05, 0.1) is 32.0 Å². The first-order valence-electron chi connectivity index (χ1n) is 9.67. The Kier molecular flexibility index (Phi) is 9.39. The van der Waals surface area contributed by atoms with E-state index >= 15 is 0 Å². The van der Waals surface area contributed by atoms with Crippen molar-refractivity contribution in [1.82, 2.24) is 10.2 Å². The van der Waals surface area contributed by atoms with E-state index in [1.54, 1.807) is 12.1 Å². The number of ether oxygens (including phenoxy) is 3. The van der Waals surface area contributed by atoms with Crippen LogP contribution in [0.3, 0.4) is 0 Å². The number of hydrogen-bond donors (Lipinski definition) is 2. The van der Waals surface area contributed by atoms with Gasteiger partial charge in [-0.05, 0) is 12.5 Å². The number of amides is 3. The molecule has 0 aromatic heterocycles. The molecule has 1 atom stereocenters. The minimum Gasteiger partial charge on any atom is -0.490 e. The standard InChI is InChI=1S/C20H27N3O7/c1-23(15-5-6-17(25)22-19(15)26)20(27)18-14(13-24)3-2-4-16(18)30-12-11-29-10-9-28-8-7-21/h2-4,13,15H,5-12,21H2,1H3,(H,22,25,26). The molecule has 1 heterocycles. The number of likely N-dealkylation sites (N-methyl/N-ethyl adjacent to an activating group) is 1. The zero-order valence-electron chi connectivity index (χ0n) is 16.9. The maximum absolute atomic E-state index is 13.1. The van der Waals surface area contributed by atoms with Gasteiger partial charge in [0.25, 0.3) is 5.91 Å². The average Bonchev–Trinajstić information content (AvgIpc) is 2.74. The Morgan fingerprint density at radius 1 is 1.20 bits per heavy atom. The Morgan fingerprint density at radius 2 is 1.90 bits per heavy atom. The molecular formula is C20H27N3O7. The molecule has 3 amide bonds. The van der Waals surface area contributed by atoms with Crippen LogP contribution in [0.5, 0.6) is 5.75 Å². The van der Waals surface area contributed by atoms with Crippen LogP contribution in [0.15, 0.2) is 18.2 Å². The predicted molar refractivity (Wildman–Crippen MR) is 106 cm³/mol. The van der Waals surface area contributed by atoms with Crippen LogP contribution in [0.1, 0.15) is 33.6 Å². The lowest BCUT2D eigenvalue weighted by Gasteiger charge is -2.30. The van der Waals surface area contributed by atoms with Crippen LogP contribution in [0.25, 0.3) is 0 Å². The van der Waals surface area contributed by atoms with Gasteiger partial charge >= 0.3 is 0 Å². The molecule has 30 heavy (non-hydrogen) atoms. The third-order valence-electron chi connectivity index (χ3n) is 4.52. The number of nitrogens with one attached hydrogen (secondary N) is 1. The molecule has 1 unspecified atom stereocenters. The van der Waals surface area contributed by atoms with Crippen LogP contribution >= 0.6 is 0 Å². The number of imide groups is 1. The Balaban J connectivity index is 2.02. The fourth-order valence-electron chi connectivity index (χ4n) is 2.98. The second-order valence-corrected chi connectivity index (χ2v) is 6.58. The van der Waals surface area contributed by atoms with E-state index in [1.165, 1.54) is 18.0 Å². The molecule has 1 saturated heterocycles. The van der Waals surface area contributed by atoms with Gasteiger partial charge in [0, 0.05) is 25.6 Å². The van der Waals surface area contributed by atoms with Gasteiger partial charge in [-0.25, -0.2) is 0 Å². The topological polar surface area (TPSA) is 137 Å². The lowest BCUT2D eigenvalue weighted by atomic mass is 10.0. The van der Waals surface area contributed by atoms with Gasteiger partial charge in [0.2, 0.25) is 11.8 Å². The van der Waals surface area contributed by atoms with Crippen molar-refractivity contribution in [1.29, 1.82) is 0 Å². The van der Waals surface area contributed by atoms with Gasteiger partial charge in [0.1, 0.15) is 18.4 Å². The molecule has 164 valence electrons. The van der Waals surface area contributed by atoms with Crippen molar-refractivity contribution in [3.05, 3.63) is 29.3 Å². The minimum absolute atomic E-state index is 0.0611. The Labute approximate surface area is 174 Å². The quantitative estimate of drug-likeness (QED) is 0.268. The van der Waals surface area contributed by atoms with E-state index in [0.29, 0.717) is 32.7 Å². The zero-order valence-corrected chi connectivity index (χ0v) is 16.9. The van der Waals surface area contributed by atoms with Crippen molar-refractivity contribution < 1.29 is 33.4 Å². The van der Waals surface area contributed by atoms with E-state index in [1.807, 2.05) is 0 Å². The molecular weight excluding hydrogens is 394 g/mol. The van der Waals surface area contributed by atoms with Crippen molar-refractivity contribution in [3.63, 3.8) is 0 Å². The molecule has 0 bridgehead atoms. The average molecular weight is 421 g/mol. The summed E-state index contributed by atoms with van der Waals surface area (Å²) in [5.41, 5.74) is 5.53. The van der Waals surface area contributed by atoms with Gasteiger partial charge in [0.15, 0.2) is 6.29 Å². The van der Waals surface area contributed by atoms with E-state index in [2.05, 4.69) is 5.32 Å². The molecule has 1 aromatic rings. The number of aldehydes is 1. The van der Waals surface area contributed by atoms with Crippen molar-refractivity contribution in [2.24, 2.45) is 5.73 Å². The van der Waals surface area contributed by atoms with Gasteiger partial charge in [-0.3, -0.25) is 24.5 Å². The van der Waals surface area contributed by atoms with Crippen molar-refractivity contribution >= 4 is 24.0 Å². The maximum atomic E-state index is 13.1. The normalized spacial score (nSPS) is 16.1. The number of benzene rings is 1. The molecule has 1 fully saturated rings. The number of rotatable bonds is 12. The Bertz CT molecular complexity index is 769. The lowest BCUT2D eigenvalue weighted by Crippen LogP contribution is -2.53. The summed E-state index contributed by atoms with van der Waals surface area (Å²) >= 11 is 0. The van der Waals surface area contributed by atoms with Gasteiger partial charge in [-0.1, -0.05) is 12.1 Å². The first-order chi connectivity index (χ1) is 14.5. The van der Waals surface area contributed by atoms with Crippen LogP contribution in [0.2, 0.25) is 0 Å². The first kappa shape index (κ1) is 23.5. The number of piperidine rings is 1. The van der Waals surface area contributed by atoms with Gasteiger partial charge in [-0.15, -0.1) is 0 Å². The third-order valence-corrected chi connectivity index (χ3v) is 4.52. The number of carbonyl (C=O) groups excluding carboxylic acids is 4. The fraction of sp³-hybridized carbons (Fsp3) is 0.500. The predicted octanol–water partition coefficient (Wildman–Crippen LogP) is -0.253. The summed E-state index contributed by atoms with van der Waals surface area (Å²) in [4.78, 5) is 49.2. The van der Waals surface area contributed by atoms with E-state index in [-0.39, 0.29) is 48.8 Å². The number of nitrogens with zero attached hydrogens (tertiary/aromatic N) is 1. The van der Waals surface area contributed by atoms with Crippen LogP contribution in [0, 0.1) is 0 Å². The molecule has 10 nitrogen and oxygen atoms in total. The molecule has 0 saturated carbocycles. The SMILES string of the molecule is CN(C(=O)c1c(C=O)cccc1OCCOCCOCCN)C1CCC(=O)NC1=O. The molecule has 0 spiro atoms. The van der Waals surface area contributed by atoms with E-state index < -0.39 is 17.9 Å². The second kappa shape index (κ2) is 12.0. The van der Waals surface area contributed by atoms with Crippen LogP contribution in [-0.4, -0.2) is 81.6 Å². The number of nitrogens with two attached hydrogens (primary N) is 1. The number of carbonyl (C=O) groups is 4. The molecule has 3 N–H and O–H groups in total. The van der Waals surface area contributed by atoms with E-state index in [0.717, 1.165) is 0 Å². The van der Waals surface area contributed by atoms with Crippen molar-refractivity contribution in [3.8, 4) is 5.75 Å². The molecule has 1 aromatic carbocycles. The highest BCUT2D eigenvalue weighted by Crippen LogP contribution is 2.25. The fourth-order valence-corrected chi connectivity index (χ4v) is 2.98. The second-order valence-electron chi connectivity index (χ2n) is 6.58. The molecule has 1 aliphatic rings. The van der Waals surface area contributed by atoms with Gasteiger partial charge < -0.3 is 24.8 Å². The summed E-state index contributed by atoms with van der Waals surface area (Å²) in [6.45, 7) is 2.11. The highest BCUT2D eigenvalue weighted by atomic mass is 16.5. The zero-order chi connectivity index (χ0) is 21.9. The number of hydrogen-bond acceptors (Lipinski definition) is 8. The lowest BCUT2D eigenvalue weighted by molar-refractivity contribution is -0.136. The molecule has 10 heteroatoms. The monoisotopic (exact) mass is 421 g/mol. The van der Waals surface area contributed by atoms with Crippen LogP contribution in [0.4, 0.5) is 0 Å². The van der Waals surface area contributed by atoms with Crippen molar-refractivity contribution in [2.75, 3.05) is 46.6 Å². The largest absolute Gasteiger partial charge is 0.490 e. The maximum Gasteiger partial charge on any atom is 0.258 e. The third kappa shape index (κ3) is 6.34. The van der Waals surface area contributed by atoms with E-state index in [4.69, 9.17) is 19.9 Å². The van der Waals surface area contributed by atoms with Crippen LogP contribution < -0.4 is 15.8 Å².